The predicted octanol–water partition coefficient (Wildman–Crippen LogP) is 3.29. The van der Waals surface area contributed by atoms with Gasteiger partial charge in [-0.25, -0.2) is 4.39 Å². The van der Waals surface area contributed by atoms with E-state index in [4.69, 9.17) is 4.74 Å². The number of pyridine rings is 1. The molecule has 0 N–H and O–H groups in total. The average Bonchev–Trinajstić information content (AvgIpc) is 2.31. The van der Waals surface area contributed by atoms with E-state index in [1.54, 1.807) is 36.7 Å². The number of hydrogen-bond donors (Lipinski definition) is 0. The largest absolute Gasteiger partial charge is 0.494 e. The molecule has 0 unspecified atom stereocenters. The van der Waals surface area contributed by atoms with Crippen LogP contribution in [0.5, 0.6) is 5.75 Å². The standard InChI is InChI=1S/C13H12FNO/c1-2-16-11-3-4-12(13(14)9-11)10-5-7-15-8-6-10/h3-9H,2H2,1H3. The summed E-state index contributed by atoms with van der Waals surface area (Å²) in [7, 11) is 0. The van der Waals surface area contributed by atoms with Gasteiger partial charge >= 0.3 is 0 Å². The van der Waals surface area contributed by atoms with E-state index in [9.17, 15) is 4.39 Å². The van der Waals surface area contributed by atoms with Crippen LogP contribution in [0.1, 0.15) is 6.92 Å². The molecule has 0 radical (unpaired) electrons. The van der Waals surface area contributed by atoms with Crippen LogP contribution in [0.25, 0.3) is 11.1 Å². The van der Waals surface area contributed by atoms with Gasteiger partial charge in [0.1, 0.15) is 11.6 Å². The van der Waals surface area contributed by atoms with Gasteiger partial charge in [-0.05, 0) is 36.8 Å². The van der Waals surface area contributed by atoms with Crippen molar-refractivity contribution < 1.29 is 9.13 Å². The van der Waals surface area contributed by atoms with Gasteiger partial charge in [0.15, 0.2) is 0 Å². The number of nitrogens with zero attached hydrogens (tertiary/aromatic N) is 1. The second kappa shape index (κ2) is 4.75. The number of benzene rings is 1. The van der Waals surface area contributed by atoms with E-state index in [2.05, 4.69) is 4.98 Å². The maximum atomic E-state index is 13.8. The van der Waals surface area contributed by atoms with Gasteiger partial charge in [-0.3, -0.25) is 4.98 Å². The van der Waals surface area contributed by atoms with Crippen LogP contribution in [-0.4, -0.2) is 11.6 Å². The van der Waals surface area contributed by atoms with E-state index in [0.717, 1.165) is 5.56 Å². The minimum absolute atomic E-state index is 0.280. The van der Waals surface area contributed by atoms with Crippen molar-refractivity contribution >= 4 is 0 Å². The smallest absolute Gasteiger partial charge is 0.134 e. The van der Waals surface area contributed by atoms with Crippen molar-refractivity contribution in [2.75, 3.05) is 6.61 Å². The van der Waals surface area contributed by atoms with Crippen molar-refractivity contribution in [3.8, 4) is 16.9 Å². The molecule has 2 aromatic rings. The first-order chi connectivity index (χ1) is 7.81. The maximum absolute atomic E-state index is 13.8. The molecule has 1 aromatic heterocycles. The van der Waals surface area contributed by atoms with E-state index < -0.39 is 0 Å². The van der Waals surface area contributed by atoms with Crippen molar-refractivity contribution in [3.63, 3.8) is 0 Å². The number of ether oxygens (including phenoxy) is 1. The number of hydrogen-bond acceptors (Lipinski definition) is 2. The van der Waals surface area contributed by atoms with E-state index in [1.165, 1.54) is 6.07 Å². The summed E-state index contributed by atoms with van der Waals surface area (Å²) < 4.78 is 19.0. The molecule has 1 heterocycles. The molecule has 0 saturated heterocycles. The van der Waals surface area contributed by atoms with E-state index in [1.807, 2.05) is 6.92 Å². The molecule has 16 heavy (non-hydrogen) atoms. The van der Waals surface area contributed by atoms with Gasteiger partial charge in [-0.2, -0.15) is 0 Å². The number of rotatable bonds is 3. The van der Waals surface area contributed by atoms with Crippen molar-refractivity contribution in [3.05, 3.63) is 48.5 Å². The Morgan fingerprint density at radius 1 is 1.19 bits per heavy atom. The molecule has 0 aliphatic heterocycles. The van der Waals surface area contributed by atoms with E-state index in [-0.39, 0.29) is 5.82 Å². The summed E-state index contributed by atoms with van der Waals surface area (Å²) in [5.41, 5.74) is 1.38. The van der Waals surface area contributed by atoms with Gasteiger partial charge in [0.05, 0.1) is 6.61 Å². The summed E-state index contributed by atoms with van der Waals surface area (Å²) in [6.07, 6.45) is 3.29. The summed E-state index contributed by atoms with van der Waals surface area (Å²) >= 11 is 0. The van der Waals surface area contributed by atoms with Crippen molar-refractivity contribution in [2.24, 2.45) is 0 Å². The topological polar surface area (TPSA) is 22.1 Å². The second-order valence-corrected chi connectivity index (χ2v) is 3.31. The highest BCUT2D eigenvalue weighted by Crippen LogP contribution is 2.25. The van der Waals surface area contributed by atoms with E-state index in [0.29, 0.717) is 17.9 Å². The van der Waals surface area contributed by atoms with Crippen LogP contribution in [-0.2, 0) is 0 Å². The fraction of sp³-hybridized carbons (Fsp3) is 0.154. The van der Waals surface area contributed by atoms with E-state index >= 15 is 0 Å². The number of halogens is 1. The molecule has 0 atom stereocenters. The molecule has 0 bridgehead atoms. The van der Waals surface area contributed by atoms with Crippen molar-refractivity contribution in [2.45, 2.75) is 6.92 Å². The highest BCUT2D eigenvalue weighted by molar-refractivity contribution is 5.64. The quantitative estimate of drug-likeness (QED) is 0.787. The Morgan fingerprint density at radius 2 is 1.94 bits per heavy atom. The molecule has 2 rings (SSSR count). The molecule has 3 heteroatoms. The van der Waals surface area contributed by atoms with Crippen molar-refractivity contribution in [1.82, 2.24) is 4.98 Å². The van der Waals surface area contributed by atoms with Crippen LogP contribution in [0.15, 0.2) is 42.7 Å². The lowest BCUT2D eigenvalue weighted by atomic mass is 10.1. The van der Waals surface area contributed by atoms with Gasteiger partial charge < -0.3 is 4.74 Å². The van der Waals surface area contributed by atoms with Crippen LogP contribution in [0.2, 0.25) is 0 Å². The zero-order valence-corrected chi connectivity index (χ0v) is 8.98. The Bertz CT molecular complexity index is 471. The first-order valence-corrected chi connectivity index (χ1v) is 5.14. The molecule has 0 amide bonds. The number of aromatic nitrogens is 1. The highest BCUT2D eigenvalue weighted by atomic mass is 19.1. The normalized spacial score (nSPS) is 10.1. The Balaban J connectivity index is 2.37. The molecular formula is C13H12FNO. The minimum Gasteiger partial charge on any atom is -0.494 e. The Labute approximate surface area is 93.7 Å². The fourth-order valence-corrected chi connectivity index (χ4v) is 1.52. The minimum atomic E-state index is -0.280. The van der Waals surface area contributed by atoms with Gasteiger partial charge in [-0.1, -0.05) is 0 Å². The highest BCUT2D eigenvalue weighted by Gasteiger charge is 2.05. The third-order valence-electron chi connectivity index (χ3n) is 2.24. The lowest BCUT2D eigenvalue weighted by molar-refractivity contribution is 0.338. The monoisotopic (exact) mass is 217 g/mol. The van der Waals surface area contributed by atoms with Crippen molar-refractivity contribution in [1.29, 1.82) is 0 Å². The van der Waals surface area contributed by atoms with Gasteiger partial charge in [0, 0.05) is 24.0 Å². The zero-order chi connectivity index (χ0) is 11.4. The molecule has 0 aliphatic rings. The van der Waals surface area contributed by atoms with Gasteiger partial charge in [0.25, 0.3) is 0 Å². The van der Waals surface area contributed by atoms with Crippen LogP contribution >= 0.6 is 0 Å². The average molecular weight is 217 g/mol. The third-order valence-corrected chi connectivity index (χ3v) is 2.24. The zero-order valence-electron chi connectivity index (χ0n) is 8.98. The Morgan fingerprint density at radius 3 is 2.56 bits per heavy atom. The summed E-state index contributed by atoms with van der Waals surface area (Å²) in [4.78, 5) is 3.90. The van der Waals surface area contributed by atoms with Crippen LogP contribution in [0, 0.1) is 5.82 Å². The lowest BCUT2D eigenvalue weighted by Gasteiger charge is -2.06. The first kappa shape index (κ1) is 10.6. The van der Waals surface area contributed by atoms with Crippen LogP contribution in [0.3, 0.4) is 0 Å². The predicted molar refractivity (Wildman–Crippen MR) is 60.8 cm³/mol. The van der Waals surface area contributed by atoms with Gasteiger partial charge in [0.2, 0.25) is 0 Å². The molecule has 82 valence electrons. The van der Waals surface area contributed by atoms with Gasteiger partial charge in [-0.15, -0.1) is 0 Å². The summed E-state index contributed by atoms with van der Waals surface area (Å²) in [5.74, 6) is 0.273. The molecule has 1 aromatic carbocycles. The summed E-state index contributed by atoms with van der Waals surface area (Å²) in [6, 6.07) is 8.44. The first-order valence-electron chi connectivity index (χ1n) is 5.14. The Hall–Kier alpha value is -1.90. The molecule has 0 aliphatic carbocycles. The second-order valence-electron chi connectivity index (χ2n) is 3.31. The maximum Gasteiger partial charge on any atom is 0.134 e. The summed E-state index contributed by atoms with van der Waals surface area (Å²) in [5, 5.41) is 0. The third kappa shape index (κ3) is 2.19. The fourth-order valence-electron chi connectivity index (χ4n) is 1.52. The SMILES string of the molecule is CCOc1ccc(-c2ccncc2)c(F)c1. The van der Waals surface area contributed by atoms with Crippen LogP contribution in [0.4, 0.5) is 4.39 Å². The molecule has 0 saturated carbocycles. The molecule has 0 fully saturated rings. The van der Waals surface area contributed by atoms with Crippen LogP contribution < -0.4 is 4.74 Å². The summed E-state index contributed by atoms with van der Waals surface area (Å²) in [6.45, 7) is 2.41. The molecular weight excluding hydrogens is 205 g/mol. The molecule has 2 nitrogen and oxygen atoms in total. The lowest BCUT2D eigenvalue weighted by Crippen LogP contribution is -1.93. The molecule has 0 spiro atoms. The Kier molecular flexibility index (Phi) is 3.15.